The second kappa shape index (κ2) is 5.50. The number of likely N-dealkylation sites (tertiary alicyclic amines) is 1. The molecule has 2 atom stereocenters. The number of benzene rings is 1. The average Bonchev–Trinajstić information content (AvgIpc) is 2.80. The normalized spacial score (nSPS) is 22.7. The number of carbonyl (C=O) groups excluding carboxylic acids is 1. The Hall–Kier alpha value is -1.26. The van der Waals surface area contributed by atoms with Gasteiger partial charge in [0.2, 0.25) is 0 Å². The first kappa shape index (κ1) is 14.7. The van der Waals surface area contributed by atoms with Crippen LogP contribution in [0.1, 0.15) is 36.4 Å². The first-order chi connectivity index (χ1) is 10.0. The maximum Gasteiger partial charge on any atom is 0.266 e. The molecule has 1 fully saturated rings. The summed E-state index contributed by atoms with van der Waals surface area (Å²) in [6, 6.07) is 5.92. The van der Waals surface area contributed by atoms with Gasteiger partial charge in [-0.3, -0.25) is 4.79 Å². The summed E-state index contributed by atoms with van der Waals surface area (Å²) in [5.41, 5.74) is 6.73. The number of rotatable bonds is 1. The highest BCUT2D eigenvalue weighted by Gasteiger charge is 2.31. The van der Waals surface area contributed by atoms with Gasteiger partial charge in [0.05, 0.1) is 10.7 Å². The number of piperidine rings is 1. The molecule has 0 radical (unpaired) electrons. The predicted octanol–water partition coefficient (Wildman–Crippen LogP) is 4.40. The van der Waals surface area contributed by atoms with Gasteiger partial charge in [-0.1, -0.05) is 24.6 Å². The average molecular weight is 323 g/mol. The highest BCUT2D eigenvalue weighted by atomic mass is 35.5. The molecule has 3 nitrogen and oxygen atoms in total. The molecule has 1 saturated heterocycles. The van der Waals surface area contributed by atoms with E-state index in [0.717, 1.165) is 23.1 Å². The fourth-order valence-electron chi connectivity index (χ4n) is 3.04. The van der Waals surface area contributed by atoms with Crippen LogP contribution in [0.15, 0.2) is 18.2 Å². The van der Waals surface area contributed by atoms with Crippen LogP contribution in [0.3, 0.4) is 0 Å². The largest absolute Gasteiger partial charge is 0.397 e. The Morgan fingerprint density at radius 1 is 1.43 bits per heavy atom. The molecule has 2 unspecified atom stereocenters. The predicted molar refractivity (Wildman–Crippen MR) is 90.1 cm³/mol. The number of fused-ring (bicyclic) bond motifs is 1. The molecule has 0 spiro atoms. The third kappa shape index (κ3) is 2.40. The SMILES string of the molecule is CC1CCCN(C(=O)c2sc3cccc(Cl)c3c2N)C1C. The molecule has 0 bridgehead atoms. The van der Waals surface area contributed by atoms with Crippen molar-refractivity contribution in [3.63, 3.8) is 0 Å². The maximum atomic E-state index is 12.9. The number of nitrogen functional groups attached to an aromatic ring is 1. The lowest BCUT2D eigenvalue weighted by molar-refractivity contribution is 0.0557. The van der Waals surface area contributed by atoms with Gasteiger partial charge in [0.1, 0.15) is 4.88 Å². The van der Waals surface area contributed by atoms with Gasteiger partial charge < -0.3 is 10.6 Å². The van der Waals surface area contributed by atoms with Crippen molar-refractivity contribution < 1.29 is 4.79 Å². The number of thiophene rings is 1. The molecule has 1 aromatic carbocycles. The van der Waals surface area contributed by atoms with Gasteiger partial charge >= 0.3 is 0 Å². The van der Waals surface area contributed by atoms with Crippen molar-refractivity contribution in [2.24, 2.45) is 5.92 Å². The van der Waals surface area contributed by atoms with Crippen molar-refractivity contribution >= 4 is 44.6 Å². The van der Waals surface area contributed by atoms with Crippen molar-refractivity contribution in [2.75, 3.05) is 12.3 Å². The molecule has 1 amide bonds. The number of carbonyl (C=O) groups is 1. The van der Waals surface area contributed by atoms with Crippen LogP contribution < -0.4 is 5.73 Å². The molecule has 2 N–H and O–H groups in total. The summed E-state index contributed by atoms with van der Waals surface area (Å²) in [5, 5.41) is 1.42. The van der Waals surface area contributed by atoms with Gasteiger partial charge in [0.15, 0.2) is 0 Å². The molecule has 2 heterocycles. The zero-order chi connectivity index (χ0) is 15.1. The Labute approximate surface area is 133 Å². The Balaban J connectivity index is 2.02. The molecule has 112 valence electrons. The van der Waals surface area contributed by atoms with E-state index in [1.165, 1.54) is 17.8 Å². The van der Waals surface area contributed by atoms with E-state index in [2.05, 4.69) is 13.8 Å². The topological polar surface area (TPSA) is 46.3 Å². The molecular weight excluding hydrogens is 304 g/mol. The zero-order valence-corrected chi connectivity index (χ0v) is 13.8. The van der Waals surface area contributed by atoms with E-state index in [4.69, 9.17) is 17.3 Å². The van der Waals surface area contributed by atoms with Gasteiger partial charge in [-0.25, -0.2) is 0 Å². The fraction of sp³-hybridized carbons (Fsp3) is 0.438. The Morgan fingerprint density at radius 3 is 2.90 bits per heavy atom. The summed E-state index contributed by atoms with van der Waals surface area (Å²) in [6.07, 6.45) is 2.24. The molecule has 0 saturated carbocycles. The molecule has 2 aromatic rings. The van der Waals surface area contributed by atoms with Crippen molar-refractivity contribution in [3.05, 3.63) is 28.1 Å². The molecule has 1 aliphatic rings. The Kier molecular flexibility index (Phi) is 3.84. The summed E-state index contributed by atoms with van der Waals surface area (Å²) < 4.78 is 0.973. The lowest BCUT2D eigenvalue weighted by atomic mass is 9.92. The van der Waals surface area contributed by atoms with Gasteiger partial charge in [0, 0.05) is 22.7 Å². The van der Waals surface area contributed by atoms with Crippen LogP contribution in [0.25, 0.3) is 10.1 Å². The summed E-state index contributed by atoms with van der Waals surface area (Å²) in [5.74, 6) is 0.575. The molecule has 5 heteroatoms. The summed E-state index contributed by atoms with van der Waals surface area (Å²) in [4.78, 5) is 15.5. The Morgan fingerprint density at radius 2 is 2.19 bits per heavy atom. The quantitative estimate of drug-likeness (QED) is 0.846. The van der Waals surface area contributed by atoms with E-state index in [-0.39, 0.29) is 11.9 Å². The maximum absolute atomic E-state index is 12.9. The molecular formula is C16H19ClN2OS. The summed E-state index contributed by atoms with van der Waals surface area (Å²) >= 11 is 7.66. The smallest absolute Gasteiger partial charge is 0.266 e. The van der Waals surface area contributed by atoms with Gasteiger partial charge in [-0.15, -0.1) is 11.3 Å². The summed E-state index contributed by atoms with van der Waals surface area (Å²) in [6.45, 7) is 5.14. The van der Waals surface area contributed by atoms with E-state index >= 15 is 0 Å². The van der Waals surface area contributed by atoms with Gasteiger partial charge in [-0.2, -0.15) is 0 Å². The van der Waals surface area contributed by atoms with E-state index in [0.29, 0.717) is 21.5 Å². The molecule has 3 rings (SSSR count). The molecule has 1 aliphatic heterocycles. The number of nitrogens with two attached hydrogens (primary N) is 1. The first-order valence-electron chi connectivity index (χ1n) is 7.28. The van der Waals surface area contributed by atoms with Crippen LogP contribution in [0, 0.1) is 5.92 Å². The fourth-order valence-corrected chi connectivity index (χ4v) is 4.48. The number of hydrogen-bond acceptors (Lipinski definition) is 3. The number of hydrogen-bond donors (Lipinski definition) is 1. The molecule has 21 heavy (non-hydrogen) atoms. The van der Waals surface area contributed by atoms with E-state index in [1.54, 1.807) is 0 Å². The number of nitrogens with zero attached hydrogens (tertiary/aromatic N) is 1. The summed E-state index contributed by atoms with van der Waals surface area (Å²) in [7, 11) is 0. The molecule has 0 aliphatic carbocycles. The number of halogens is 1. The van der Waals surface area contributed by atoms with Crippen LogP contribution in [-0.2, 0) is 0 Å². The minimum atomic E-state index is 0.0452. The van der Waals surface area contributed by atoms with Crippen LogP contribution in [-0.4, -0.2) is 23.4 Å². The first-order valence-corrected chi connectivity index (χ1v) is 8.47. The van der Waals surface area contributed by atoms with Crippen molar-refractivity contribution in [3.8, 4) is 0 Å². The highest BCUT2D eigenvalue weighted by Crippen LogP contribution is 2.39. The third-order valence-electron chi connectivity index (χ3n) is 4.53. The molecule has 1 aromatic heterocycles. The Bertz CT molecular complexity index is 697. The van der Waals surface area contributed by atoms with Gasteiger partial charge in [0.25, 0.3) is 5.91 Å². The minimum absolute atomic E-state index is 0.0452. The lowest BCUT2D eigenvalue weighted by Crippen LogP contribution is -2.45. The van der Waals surface area contributed by atoms with Crippen molar-refractivity contribution in [1.82, 2.24) is 4.90 Å². The third-order valence-corrected chi connectivity index (χ3v) is 6.00. The second-order valence-corrected chi connectivity index (χ2v) is 7.28. The standard InChI is InChI=1S/C16H19ClN2OS/c1-9-5-4-8-19(10(9)2)16(20)15-14(18)13-11(17)6-3-7-12(13)21-15/h3,6-7,9-10H,4-5,8,18H2,1-2H3. The number of anilines is 1. The van der Waals surface area contributed by atoms with Crippen LogP contribution >= 0.6 is 22.9 Å². The van der Waals surface area contributed by atoms with E-state index in [9.17, 15) is 4.79 Å². The van der Waals surface area contributed by atoms with Crippen molar-refractivity contribution in [2.45, 2.75) is 32.7 Å². The highest BCUT2D eigenvalue weighted by molar-refractivity contribution is 7.21. The lowest BCUT2D eigenvalue weighted by Gasteiger charge is -2.37. The van der Waals surface area contributed by atoms with Crippen LogP contribution in [0.2, 0.25) is 5.02 Å². The van der Waals surface area contributed by atoms with Crippen molar-refractivity contribution in [1.29, 1.82) is 0 Å². The van der Waals surface area contributed by atoms with Crippen LogP contribution in [0.5, 0.6) is 0 Å². The minimum Gasteiger partial charge on any atom is -0.397 e. The monoisotopic (exact) mass is 322 g/mol. The van der Waals surface area contributed by atoms with E-state index in [1.807, 2.05) is 23.1 Å². The van der Waals surface area contributed by atoms with E-state index < -0.39 is 0 Å². The second-order valence-electron chi connectivity index (χ2n) is 5.82. The zero-order valence-electron chi connectivity index (χ0n) is 12.2. The van der Waals surface area contributed by atoms with Gasteiger partial charge in [-0.05, 0) is 37.8 Å². The van der Waals surface area contributed by atoms with Crippen LogP contribution in [0.4, 0.5) is 5.69 Å². The number of amides is 1.